The molecule has 166 valence electrons. The Labute approximate surface area is 197 Å². The van der Waals surface area contributed by atoms with Crippen LogP contribution in [0.4, 0.5) is 0 Å². The number of hydrogen-bond acceptors (Lipinski definition) is 4. The summed E-state index contributed by atoms with van der Waals surface area (Å²) in [5, 5.41) is 15.3. The number of para-hydroxylation sites is 1. The highest BCUT2D eigenvalue weighted by Gasteiger charge is 2.23. The standard InChI is InChI=1S/C22H35N7.HI/c1-18(2)20(28-13-9-4-5-10-14-28)15-24-22(23-3)25-16-21-27-26-17-29(21)19-11-7-6-8-12-19;/h6-8,11-12,17-18,20H,4-5,9-10,13-16H2,1-3H3,(H2,23,24,25);1H. The molecule has 1 unspecified atom stereocenters. The molecule has 0 saturated carbocycles. The number of guanidine groups is 1. The Morgan fingerprint density at radius 1 is 1.07 bits per heavy atom. The van der Waals surface area contributed by atoms with Crippen molar-refractivity contribution in [3.05, 3.63) is 42.5 Å². The van der Waals surface area contributed by atoms with Crippen LogP contribution in [-0.4, -0.2) is 58.3 Å². The predicted octanol–water partition coefficient (Wildman–Crippen LogP) is 3.45. The number of nitrogens with zero attached hydrogens (tertiary/aromatic N) is 5. The van der Waals surface area contributed by atoms with E-state index in [0.29, 0.717) is 18.5 Å². The first-order chi connectivity index (χ1) is 14.2. The first-order valence-corrected chi connectivity index (χ1v) is 10.8. The number of halogens is 1. The fraction of sp³-hybridized carbons (Fsp3) is 0.591. The van der Waals surface area contributed by atoms with Crippen molar-refractivity contribution in [2.45, 2.75) is 52.1 Å². The maximum atomic E-state index is 4.40. The average molecular weight is 525 g/mol. The lowest BCUT2D eigenvalue weighted by molar-refractivity contribution is 0.161. The van der Waals surface area contributed by atoms with Gasteiger partial charge < -0.3 is 10.6 Å². The molecule has 7 nitrogen and oxygen atoms in total. The van der Waals surface area contributed by atoms with Gasteiger partial charge in [-0.25, -0.2) is 0 Å². The molecule has 0 amide bonds. The van der Waals surface area contributed by atoms with E-state index in [1.807, 2.05) is 41.9 Å². The normalized spacial score (nSPS) is 16.6. The second-order valence-electron chi connectivity index (χ2n) is 8.02. The van der Waals surface area contributed by atoms with Crippen LogP contribution in [0, 0.1) is 5.92 Å². The molecule has 0 spiro atoms. The lowest BCUT2D eigenvalue weighted by Crippen LogP contribution is -2.49. The zero-order valence-corrected chi connectivity index (χ0v) is 20.8. The molecule has 1 fully saturated rings. The van der Waals surface area contributed by atoms with Crippen LogP contribution < -0.4 is 10.6 Å². The van der Waals surface area contributed by atoms with Crippen molar-refractivity contribution >= 4 is 29.9 Å². The highest BCUT2D eigenvalue weighted by molar-refractivity contribution is 14.0. The lowest BCUT2D eigenvalue weighted by atomic mass is 10.0. The van der Waals surface area contributed by atoms with Gasteiger partial charge in [0.05, 0.1) is 6.54 Å². The zero-order chi connectivity index (χ0) is 20.5. The molecule has 1 aliphatic heterocycles. The van der Waals surface area contributed by atoms with Crippen LogP contribution in [0.5, 0.6) is 0 Å². The number of nitrogens with one attached hydrogen (secondary N) is 2. The van der Waals surface area contributed by atoms with Gasteiger partial charge in [-0.15, -0.1) is 34.2 Å². The fourth-order valence-corrected chi connectivity index (χ4v) is 3.98. The summed E-state index contributed by atoms with van der Waals surface area (Å²) in [6.45, 7) is 8.49. The van der Waals surface area contributed by atoms with Gasteiger partial charge in [-0.2, -0.15) is 0 Å². The van der Waals surface area contributed by atoms with Crippen molar-refractivity contribution in [2.24, 2.45) is 10.9 Å². The van der Waals surface area contributed by atoms with Crippen molar-refractivity contribution in [3.8, 4) is 5.69 Å². The van der Waals surface area contributed by atoms with Gasteiger partial charge in [0.1, 0.15) is 6.33 Å². The van der Waals surface area contributed by atoms with Crippen LogP contribution in [-0.2, 0) is 6.54 Å². The van der Waals surface area contributed by atoms with Crippen LogP contribution in [0.25, 0.3) is 5.69 Å². The minimum Gasteiger partial charge on any atom is -0.355 e. The van der Waals surface area contributed by atoms with Gasteiger partial charge in [-0.3, -0.25) is 14.5 Å². The first kappa shape index (κ1) is 24.6. The fourth-order valence-electron chi connectivity index (χ4n) is 3.98. The molecule has 1 saturated heterocycles. The number of benzene rings is 1. The number of aliphatic imine (C=N–C) groups is 1. The SMILES string of the molecule is CN=C(NCc1nncn1-c1ccccc1)NCC(C(C)C)N1CCCCCC1.I. The van der Waals surface area contributed by atoms with Crippen molar-refractivity contribution in [1.82, 2.24) is 30.3 Å². The number of rotatable bonds is 7. The second-order valence-corrected chi connectivity index (χ2v) is 8.02. The average Bonchev–Trinajstić information content (AvgIpc) is 3.05. The Morgan fingerprint density at radius 2 is 1.77 bits per heavy atom. The smallest absolute Gasteiger partial charge is 0.191 e. The van der Waals surface area contributed by atoms with Crippen molar-refractivity contribution in [3.63, 3.8) is 0 Å². The molecule has 2 aromatic rings. The molecule has 1 atom stereocenters. The van der Waals surface area contributed by atoms with Crippen LogP contribution in [0.1, 0.15) is 45.4 Å². The molecule has 0 bridgehead atoms. The Bertz CT molecular complexity index is 752. The van der Waals surface area contributed by atoms with E-state index < -0.39 is 0 Å². The van der Waals surface area contributed by atoms with Gasteiger partial charge in [-0.1, -0.05) is 44.9 Å². The van der Waals surface area contributed by atoms with E-state index in [1.54, 1.807) is 6.33 Å². The molecule has 1 aromatic heterocycles. The second kappa shape index (κ2) is 12.9. The minimum absolute atomic E-state index is 0. The van der Waals surface area contributed by atoms with E-state index in [9.17, 15) is 0 Å². The van der Waals surface area contributed by atoms with E-state index in [-0.39, 0.29) is 24.0 Å². The van der Waals surface area contributed by atoms with Crippen molar-refractivity contribution in [2.75, 3.05) is 26.7 Å². The summed E-state index contributed by atoms with van der Waals surface area (Å²) in [7, 11) is 1.81. The van der Waals surface area contributed by atoms with Gasteiger partial charge in [0.25, 0.3) is 0 Å². The van der Waals surface area contributed by atoms with Gasteiger partial charge in [0.2, 0.25) is 0 Å². The molecule has 1 aromatic carbocycles. The minimum atomic E-state index is 0. The number of hydrogen-bond donors (Lipinski definition) is 2. The third-order valence-corrected chi connectivity index (χ3v) is 5.65. The molecule has 0 aliphatic carbocycles. The summed E-state index contributed by atoms with van der Waals surface area (Å²) in [4.78, 5) is 7.06. The van der Waals surface area contributed by atoms with Crippen LogP contribution in [0.2, 0.25) is 0 Å². The van der Waals surface area contributed by atoms with Crippen LogP contribution in [0.3, 0.4) is 0 Å². The van der Waals surface area contributed by atoms with Crippen molar-refractivity contribution < 1.29 is 0 Å². The molecule has 3 rings (SSSR count). The van der Waals surface area contributed by atoms with Crippen LogP contribution >= 0.6 is 24.0 Å². The third-order valence-electron chi connectivity index (χ3n) is 5.65. The Morgan fingerprint density at radius 3 is 2.40 bits per heavy atom. The Kier molecular flexibility index (Phi) is 10.6. The third kappa shape index (κ3) is 6.94. The lowest BCUT2D eigenvalue weighted by Gasteiger charge is -2.34. The summed E-state index contributed by atoms with van der Waals surface area (Å²) < 4.78 is 1.99. The zero-order valence-electron chi connectivity index (χ0n) is 18.4. The maximum absolute atomic E-state index is 4.40. The van der Waals surface area contributed by atoms with E-state index >= 15 is 0 Å². The highest BCUT2D eigenvalue weighted by atomic mass is 127. The first-order valence-electron chi connectivity index (χ1n) is 10.8. The van der Waals surface area contributed by atoms with E-state index in [2.05, 4.69) is 44.6 Å². The predicted molar refractivity (Wildman–Crippen MR) is 134 cm³/mol. The molecule has 30 heavy (non-hydrogen) atoms. The summed E-state index contributed by atoms with van der Waals surface area (Å²) in [6, 6.07) is 10.7. The van der Waals surface area contributed by atoms with Gasteiger partial charge in [-0.05, 0) is 44.0 Å². The number of likely N-dealkylation sites (tertiary alicyclic amines) is 1. The monoisotopic (exact) mass is 525 g/mol. The van der Waals surface area contributed by atoms with E-state index in [1.165, 1.54) is 38.8 Å². The molecule has 2 heterocycles. The number of aromatic nitrogens is 3. The largest absolute Gasteiger partial charge is 0.355 e. The summed E-state index contributed by atoms with van der Waals surface area (Å²) in [5.41, 5.74) is 1.05. The Balaban J connectivity index is 0.00000320. The van der Waals surface area contributed by atoms with Gasteiger partial charge >= 0.3 is 0 Å². The van der Waals surface area contributed by atoms with E-state index in [4.69, 9.17) is 0 Å². The van der Waals surface area contributed by atoms with Gasteiger partial charge in [0, 0.05) is 25.3 Å². The summed E-state index contributed by atoms with van der Waals surface area (Å²) >= 11 is 0. The van der Waals surface area contributed by atoms with Crippen molar-refractivity contribution in [1.29, 1.82) is 0 Å². The van der Waals surface area contributed by atoms with E-state index in [0.717, 1.165) is 24.0 Å². The quantitative estimate of drug-likeness (QED) is 0.329. The molecule has 1 aliphatic rings. The molecular weight excluding hydrogens is 489 g/mol. The molecular formula is C22H36IN7. The summed E-state index contributed by atoms with van der Waals surface area (Å²) in [6.07, 6.45) is 7.09. The maximum Gasteiger partial charge on any atom is 0.191 e. The topological polar surface area (TPSA) is 70.4 Å². The van der Waals surface area contributed by atoms with Gasteiger partial charge in [0.15, 0.2) is 11.8 Å². The highest BCUT2D eigenvalue weighted by Crippen LogP contribution is 2.17. The molecule has 8 heteroatoms. The Hall–Kier alpha value is -1.68. The summed E-state index contributed by atoms with van der Waals surface area (Å²) in [5.74, 6) is 2.25. The molecule has 0 radical (unpaired) electrons. The molecule has 2 N–H and O–H groups in total. The van der Waals surface area contributed by atoms with Crippen LogP contribution in [0.15, 0.2) is 41.7 Å².